The third kappa shape index (κ3) is 15.2. The second kappa shape index (κ2) is 19.5. The summed E-state index contributed by atoms with van der Waals surface area (Å²) in [6, 6.07) is 13.1. The second-order valence-corrected chi connectivity index (χ2v) is 9.76. The number of aliphatic carboxylic acids is 3. The molecule has 0 radical (unpaired) electrons. The lowest BCUT2D eigenvalue weighted by atomic mass is 10.1. The first-order valence-electron chi connectivity index (χ1n) is 13.0. The van der Waals surface area contributed by atoms with Crippen LogP contribution in [0.15, 0.2) is 47.4 Å². The van der Waals surface area contributed by atoms with Crippen molar-refractivity contribution in [3.8, 4) is 5.40 Å². The van der Waals surface area contributed by atoms with Crippen molar-refractivity contribution < 1.29 is 29.7 Å². The van der Waals surface area contributed by atoms with Gasteiger partial charge in [0.15, 0.2) is 0 Å². The maximum atomic E-state index is 11.4. The molecule has 0 fully saturated rings. The summed E-state index contributed by atoms with van der Waals surface area (Å²) in [5.41, 5.74) is 2.44. The van der Waals surface area contributed by atoms with Crippen LogP contribution in [0.3, 0.4) is 0 Å². The monoisotopic (exact) mass is 573 g/mol. The van der Waals surface area contributed by atoms with Crippen LogP contribution in [0.2, 0.25) is 0 Å². The molecule has 0 aliphatic rings. The summed E-state index contributed by atoms with van der Waals surface area (Å²) in [6.45, 7) is 5.39. The van der Waals surface area contributed by atoms with E-state index in [9.17, 15) is 24.6 Å². The van der Waals surface area contributed by atoms with Crippen molar-refractivity contribution in [1.29, 1.82) is 5.26 Å². The Morgan fingerprint density at radius 3 is 1.85 bits per heavy atom. The van der Waals surface area contributed by atoms with Gasteiger partial charge in [-0.3, -0.25) is 34.1 Å². The number of nitrogens with zero attached hydrogens (tertiary/aromatic N) is 5. The van der Waals surface area contributed by atoms with Crippen LogP contribution in [0.5, 0.6) is 0 Å². The van der Waals surface area contributed by atoms with Gasteiger partial charge in [-0.2, -0.15) is 5.26 Å². The van der Waals surface area contributed by atoms with Crippen LogP contribution in [0.4, 0.5) is 0 Å². The number of carbonyl (C=O) groups is 3. The number of aryl methyl sites for hydroxylation is 1. The van der Waals surface area contributed by atoms with E-state index in [1.165, 1.54) is 0 Å². The van der Waals surface area contributed by atoms with Crippen molar-refractivity contribution in [2.24, 2.45) is 0 Å². The van der Waals surface area contributed by atoms with Gasteiger partial charge in [0.2, 0.25) is 0 Å². The summed E-state index contributed by atoms with van der Waals surface area (Å²) < 4.78 is 0. The number of aromatic nitrogens is 1. The standard InChI is InChI=1S/C26H33N5O6S.C2H6/c1-29(16-24(32)33)12-13-31(18-26(36)37)15-22-6-2-5-21(28-22)14-30(17-25(34)35)11-3-4-20-7-9-23(10-8-20)38-19-27;1-2/h2,5-10H,3-4,11-18H2,1H3,(H,32,33)(H,34,35)(H,36,37);1-2H3. The highest BCUT2D eigenvalue weighted by molar-refractivity contribution is 8.03. The molecular weight excluding hydrogens is 534 g/mol. The summed E-state index contributed by atoms with van der Waals surface area (Å²) >= 11 is 1.10. The first-order valence-corrected chi connectivity index (χ1v) is 13.8. The lowest BCUT2D eigenvalue weighted by molar-refractivity contribution is -0.140. The van der Waals surface area contributed by atoms with E-state index in [4.69, 9.17) is 10.4 Å². The highest BCUT2D eigenvalue weighted by atomic mass is 32.2. The van der Waals surface area contributed by atoms with Crippen molar-refractivity contribution >= 4 is 29.7 Å². The quantitative estimate of drug-likeness (QED) is 0.177. The van der Waals surface area contributed by atoms with E-state index >= 15 is 0 Å². The van der Waals surface area contributed by atoms with E-state index in [1.54, 1.807) is 22.9 Å². The molecule has 0 atom stereocenters. The van der Waals surface area contributed by atoms with Gasteiger partial charge in [-0.1, -0.05) is 32.0 Å². The first kappa shape index (κ1) is 34.5. The number of pyridine rings is 1. The maximum Gasteiger partial charge on any atom is 0.317 e. The highest BCUT2D eigenvalue weighted by Crippen LogP contribution is 2.17. The van der Waals surface area contributed by atoms with Crippen molar-refractivity contribution in [2.75, 3.05) is 46.3 Å². The molecule has 0 bridgehead atoms. The van der Waals surface area contributed by atoms with Crippen molar-refractivity contribution in [3.05, 3.63) is 59.4 Å². The van der Waals surface area contributed by atoms with Crippen LogP contribution in [0, 0.1) is 10.7 Å². The van der Waals surface area contributed by atoms with Crippen molar-refractivity contribution in [2.45, 2.75) is 44.7 Å². The first-order chi connectivity index (χ1) is 19.1. The largest absolute Gasteiger partial charge is 0.480 e. The minimum absolute atomic E-state index is 0.134. The Morgan fingerprint density at radius 2 is 1.35 bits per heavy atom. The number of rotatable bonds is 18. The molecule has 2 aromatic rings. The highest BCUT2D eigenvalue weighted by Gasteiger charge is 2.15. The van der Waals surface area contributed by atoms with E-state index in [2.05, 4.69) is 4.98 Å². The Bertz CT molecular complexity index is 1110. The average molecular weight is 574 g/mol. The summed E-state index contributed by atoms with van der Waals surface area (Å²) in [4.78, 5) is 44.3. The number of hydrogen-bond donors (Lipinski definition) is 3. The molecule has 0 aliphatic heterocycles. The molecule has 0 spiro atoms. The van der Waals surface area contributed by atoms with Gasteiger partial charge in [0.25, 0.3) is 0 Å². The number of nitriles is 1. The molecule has 0 amide bonds. The molecule has 12 heteroatoms. The van der Waals surface area contributed by atoms with Crippen LogP contribution in [0.1, 0.15) is 37.2 Å². The zero-order chi connectivity index (χ0) is 29.9. The number of carboxylic acid groups (broad SMARTS) is 3. The summed E-state index contributed by atoms with van der Waals surface area (Å²) in [6.07, 6.45) is 1.51. The molecule has 3 N–H and O–H groups in total. The lowest BCUT2D eigenvalue weighted by Crippen LogP contribution is -2.38. The SMILES string of the molecule is CC.CN(CCN(CC(=O)O)Cc1cccc(CN(CCCc2ccc(SC#N)cc2)CC(=O)O)n1)CC(=O)O. The van der Waals surface area contributed by atoms with Crippen LogP contribution in [-0.2, 0) is 33.9 Å². The van der Waals surface area contributed by atoms with E-state index in [0.29, 0.717) is 37.6 Å². The fourth-order valence-corrected chi connectivity index (χ4v) is 4.26. The minimum atomic E-state index is -0.992. The number of thioether (sulfide) groups is 1. The Balaban J connectivity index is 0.00000391. The number of hydrogen-bond acceptors (Lipinski definition) is 9. The molecule has 11 nitrogen and oxygen atoms in total. The molecule has 0 saturated carbocycles. The van der Waals surface area contributed by atoms with Gasteiger partial charge in [-0.15, -0.1) is 0 Å². The third-order valence-electron chi connectivity index (χ3n) is 5.58. The minimum Gasteiger partial charge on any atom is -0.480 e. The van der Waals surface area contributed by atoms with Crippen molar-refractivity contribution in [3.63, 3.8) is 0 Å². The third-order valence-corrected chi connectivity index (χ3v) is 6.18. The second-order valence-electron chi connectivity index (χ2n) is 8.90. The molecule has 218 valence electrons. The molecule has 1 aromatic carbocycles. The van der Waals surface area contributed by atoms with E-state index in [0.717, 1.165) is 35.1 Å². The Hall–Kier alpha value is -3.50. The van der Waals surface area contributed by atoms with Crippen LogP contribution in [0.25, 0.3) is 0 Å². The predicted octanol–water partition coefficient (Wildman–Crippen LogP) is 3.10. The average Bonchev–Trinajstić information content (AvgIpc) is 2.89. The van der Waals surface area contributed by atoms with Crippen molar-refractivity contribution in [1.82, 2.24) is 19.7 Å². The van der Waals surface area contributed by atoms with Crippen LogP contribution < -0.4 is 0 Å². The lowest BCUT2D eigenvalue weighted by Gasteiger charge is -2.24. The fraction of sp³-hybridized carbons (Fsp3) is 0.464. The molecular formula is C28H39N5O6S. The zero-order valence-electron chi connectivity index (χ0n) is 23.3. The van der Waals surface area contributed by atoms with Gasteiger partial charge < -0.3 is 15.3 Å². The number of likely N-dealkylation sites (N-methyl/N-ethyl adjacent to an activating group) is 1. The molecule has 1 heterocycles. The Kier molecular flexibility index (Phi) is 16.9. The fourth-order valence-electron chi connectivity index (χ4n) is 3.88. The van der Waals surface area contributed by atoms with Crippen LogP contribution >= 0.6 is 11.8 Å². The number of carboxylic acids is 3. The Labute approximate surface area is 240 Å². The number of benzene rings is 1. The zero-order valence-corrected chi connectivity index (χ0v) is 24.1. The topological polar surface area (TPSA) is 158 Å². The normalized spacial score (nSPS) is 10.7. The summed E-state index contributed by atoms with van der Waals surface area (Å²) in [7, 11) is 1.66. The molecule has 0 unspecified atom stereocenters. The van der Waals surface area contributed by atoms with E-state index in [-0.39, 0.29) is 26.2 Å². The molecule has 0 saturated heterocycles. The smallest absolute Gasteiger partial charge is 0.317 e. The van der Waals surface area contributed by atoms with Gasteiger partial charge in [0.05, 0.1) is 31.0 Å². The number of thiocyanates is 1. The maximum absolute atomic E-state index is 11.4. The van der Waals surface area contributed by atoms with E-state index in [1.807, 2.05) is 60.5 Å². The van der Waals surface area contributed by atoms with Crippen LogP contribution in [-0.4, -0.2) is 99.2 Å². The van der Waals surface area contributed by atoms with Gasteiger partial charge in [0, 0.05) is 31.1 Å². The van der Waals surface area contributed by atoms with Gasteiger partial charge in [-0.05, 0) is 68.0 Å². The summed E-state index contributed by atoms with van der Waals surface area (Å²) in [5.74, 6) is -2.88. The summed E-state index contributed by atoms with van der Waals surface area (Å²) in [5, 5.41) is 38.4. The molecule has 2 rings (SSSR count). The molecule has 40 heavy (non-hydrogen) atoms. The van der Waals surface area contributed by atoms with Gasteiger partial charge in [0.1, 0.15) is 5.40 Å². The Morgan fingerprint density at radius 1 is 0.825 bits per heavy atom. The van der Waals surface area contributed by atoms with Gasteiger partial charge in [-0.25, -0.2) is 0 Å². The molecule has 0 aliphatic carbocycles. The molecule has 1 aromatic heterocycles. The predicted molar refractivity (Wildman–Crippen MR) is 153 cm³/mol. The van der Waals surface area contributed by atoms with Gasteiger partial charge >= 0.3 is 17.9 Å². The van der Waals surface area contributed by atoms with E-state index < -0.39 is 17.9 Å².